The summed E-state index contributed by atoms with van der Waals surface area (Å²) in [5, 5.41) is 2.77. The number of fused-ring (bicyclic) bond motifs is 1. The second-order valence-corrected chi connectivity index (χ2v) is 4.37. The maximum atomic E-state index is 11.9. The lowest BCUT2D eigenvalue weighted by molar-refractivity contribution is 0.381. The molecular weight excluding hydrogens is 198 g/mol. The van der Waals surface area contributed by atoms with Crippen LogP contribution in [0.4, 0.5) is 0 Å². The molecule has 0 unspecified atom stereocenters. The maximum absolute atomic E-state index is 11.9. The van der Waals surface area contributed by atoms with Crippen molar-refractivity contribution in [2.24, 2.45) is 0 Å². The van der Waals surface area contributed by atoms with Crippen molar-refractivity contribution in [3.63, 3.8) is 0 Å². The van der Waals surface area contributed by atoms with Crippen LogP contribution in [0.3, 0.4) is 0 Å². The Morgan fingerprint density at radius 1 is 1.57 bits per heavy atom. The van der Waals surface area contributed by atoms with Crippen molar-refractivity contribution in [1.29, 1.82) is 0 Å². The van der Waals surface area contributed by atoms with E-state index in [1.54, 1.807) is 15.9 Å². The zero-order valence-electron chi connectivity index (χ0n) is 7.47. The molecule has 72 valence electrons. The Balaban J connectivity index is 2.14. The van der Waals surface area contributed by atoms with Gasteiger partial charge >= 0.3 is 0 Å². The predicted octanol–water partition coefficient (Wildman–Crippen LogP) is 1.46. The number of rotatable bonds is 2. The smallest absolute Gasteiger partial charge is 0.259 e. The van der Waals surface area contributed by atoms with Crippen molar-refractivity contribution in [2.75, 3.05) is 6.61 Å². The van der Waals surface area contributed by atoms with Gasteiger partial charge in [-0.25, -0.2) is 0 Å². The Bertz CT molecular complexity index is 524. The third-order valence-electron chi connectivity index (χ3n) is 2.39. The molecule has 3 heterocycles. The third-order valence-corrected chi connectivity index (χ3v) is 3.28. The molecule has 3 rings (SSSR count). The number of nitrogens with zero attached hydrogens (tertiary/aromatic N) is 1. The van der Waals surface area contributed by atoms with Gasteiger partial charge in [-0.1, -0.05) is 0 Å². The van der Waals surface area contributed by atoms with Crippen LogP contribution >= 0.6 is 11.3 Å². The van der Waals surface area contributed by atoms with E-state index in [-0.39, 0.29) is 11.7 Å². The van der Waals surface area contributed by atoms with Gasteiger partial charge in [-0.2, -0.15) is 0 Å². The van der Waals surface area contributed by atoms with E-state index < -0.39 is 0 Å². The van der Waals surface area contributed by atoms with Crippen LogP contribution in [-0.2, 0) is 11.3 Å². The van der Waals surface area contributed by atoms with Crippen molar-refractivity contribution in [2.45, 2.75) is 12.6 Å². The van der Waals surface area contributed by atoms with Crippen LogP contribution in [-0.4, -0.2) is 17.3 Å². The Kier molecular flexibility index (Phi) is 1.72. The second-order valence-electron chi connectivity index (χ2n) is 3.43. The van der Waals surface area contributed by atoms with Crippen LogP contribution in [0.5, 0.6) is 0 Å². The summed E-state index contributed by atoms with van der Waals surface area (Å²) in [7, 11) is 0. The van der Waals surface area contributed by atoms with Crippen molar-refractivity contribution < 1.29 is 4.74 Å². The van der Waals surface area contributed by atoms with Crippen LogP contribution in [0.2, 0.25) is 0 Å². The highest BCUT2D eigenvalue weighted by molar-refractivity contribution is 7.17. The number of hydrogen-bond acceptors (Lipinski definition) is 3. The van der Waals surface area contributed by atoms with Crippen molar-refractivity contribution in [3.8, 4) is 0 Å². The first-order valence-corrected chi connectivity index (χ1v) is 5.41. The lowest BCUT2D eigenvalue weighted by Gasteiger charge is -2.01. The van der Waals surface area contributed by atoms with Crippen molar-refractivity contribution >= 4 is 21.4 Å². The fourth-order valence-electron chi connectivity index (χ4n) is 1.54. The number of hydrogen-bond donors (Lipinski definition) is 0. The van der Waals surface area contributed by atoms with Gasteiger partial charge in [-0.05, 0) is 17.5 Å². The standard InChI is InChI=1S/C10H9NO2S/c12-10-8-2-4-14-9(8)1-3-11(10)5-7-6-13-7/h1-4,7H,5-6H2/t7-/m1/s1. The SMILES string of the molecule is O=c1c2ccsc2ccn1C[C@@H]1CO1. The number of thiophene rings is 1. The molecule has 0 radical (unpaired) electrons. The fraction of sp³-hybridized carbons (Fsp3) is 0.300. The second kappa shape index (κ2) is 2.93. The molecule has 2 aromatic heterocycles. The van der Waals surface area contributed by atoms with Gasteiger partial charge < -0.3 is 9.30 Å². The minimum absolute atomic E-state index is 0.0965. The largest absolute Gasteiger partial charge is 0.371 e. The predicted molar refractivity (Wildman–Crippen MR) is 55.8 cm³/mol. The Morgan fingerprint density at radius 2 is 2.43 bits per heavy atom. The molecule has 1 atom stereocenters. The van der Waals surface area contributed by atoms with Gasteiger partial charge in [-0.3, -0.25) is 4.79 Å². The summed E-state index contributed by atoms with van der Waals surface area (Å²) < 4.78 is 7.89. The van der Waals surface area contributed by atoms with E-state index in [4.69, 9.17) is 4.74 Å². The minimum atomic E-state index is 0.0965. The van der Waals surface area contributed by atoms with E-state index in [1.807, 2.05) is 23.7 Å². The van der Waals surface area contributed by atoms with E-state index in [2.05, 4.69) is 0 Å². The van der Waals surface area contributed by atoms with Gasteiger partial charge in [0.25, 0.3) is 5.56 Å². The quantitative estimate of drug-likeness (QED) is 0.699. The zero-order valence-corrected chi connectivity index (χ0v) is 8.29. The zero-order chi connectivity index (χ0) is 9.54. The van der Waals surface area contributed by atoms with E-state index >= 15 is 0 Å². The number of ether oxygens (including phenoxy) is 1. The van der Waals surface area contributed by atoms with Gasteiger partial charge in [0.2, 0.25) is 0 Å². The average Bonchev–Trinajstić information content (AvgIpc) is 2.85. The Morgan fingerprint density at radius 3 is 3.21 bits per heavy atom. The molecule has 1 saturated heterocycles. The molecule has 3 nitrogen and oxygen atoms in total. The van der Waals surface area contributed by atoms with Crippen LogP contribution in [0.25, 0.3) is 10.1 Å². The van der Waals surface area contributed by atoms with Gasteiger partial charge in [0, 0.05) is 10.9 Å². The molecule has 0 amide bonds. The molecule has 1 aliphatic heterocycles. The summed E-state index contributed by atoms with van der Waals surface area (Å²) in [5.41, 5.74) is 0.0965. The first-order chi connectivity index (χ1) is 6.84. The van der Waals surface area contributed by atoms with Crippen LogP contribution in [0, 0.1) is 0 Å². The van der Waals surface area contributed by atoms with E-state index in [1.165, 1.54) is 0 Å². The number of pyridine rings is 1. The van der Waals surface area contributed by atoms with E-state index in [0.29, 0.717) is 6.54 Å². The molecule has 2 aromatic rings. The molecule has 1 aliphatic rings. The molecule has 14 heavy (non-hydrogen) atoms. The first-order valence-electron chi connectivity index (χ1n) is 4.53. The monoisotopic (exact) mass is 207 g/mol. The lowest BCUT2D eigenvalue weighted by Crippen LogP contribution is -2.21. The molecule has 0 aliphatic carbocycles. The molecule has 0 aromatic carbocycles. The van der Waals surface area contributed by atoms with E-state index in [0.717, 1.165) is 16.7 Å². The summed E-state index contributed by atoms with van der Waals surface area (Å²) in [6, 6.07) is 3.87. The normalized spacial score (nSPS) is 20.1. The summed E-state index contributed by atoms with van der Waals surface area (Å²) in [6.07, 6.45) is 2.10. The molecule has 4 heteroatoms. The third kappa shape index (κ3) is 1.27. The highest BCUT2D eigenvalue weighted by Crippen LogP contribution is 2.17. The lowest BCUT2D eigenvalue weighted by atomic mass is 10.3. The minimum Gasteiger partial charge on any atom is -0.371 e. The van der Waals surface area contributed by atoms with Crippen molar-refractivity contribution in [1.82, 2.24) is 4.57 Å². The summed E-state index contributed by atoms with van der Waals surface area (Å²) in [5.74, 6) is 0. The summed E-state index contributed by atoms with van der Waals surface area (Å²) >= 11 is 1.60. The first kappa shape index (κ1) is 8.20. The summed E-state index contributed by atoms with van der Waals surface area (Å²) in [4.78, 5) is 11.9. The molecule has 0 spiro atoms. The average molecular weight is 207 g/mol. The maximum Gasteiger partial charge on any atom is 0.259 e. The fourth-order valence-corrected chi connectivity index (χ4v) is 2.32. The van der Waals surface area contributed by atoms with Crippen LogP contribution in [0.1, 0.15) is 0 Å². The molecule has 1 fully saturated rings. The highest BCUT2D eigenvalue weighted by atomic mass is 32.1. The molecule has 0 N–H and O–H groups in total. The number of aromatic nitrogens is 1. The Labute approximate surface area is 84.5 Å². The van der Waals surface area contributed by atoms with Gasteiger partial charge in [0.1, 0.15) is 0 Å². The molecular formula is C10H9NO2S. The van der Waals surface area contributed by atoms with Crippen LogP contribution < -0.4 is 5.56 Å². The molecule has 0 bridgehead atoms. The Hall–Kier alpha value is -1.13. The number of epoxide rings is 1. The summed E-state index contributed by atoms with van der Waals surface area (Å²) in [6.45, 7) is 1.47. The molecule has 0 saturated carbocycles. The van der Waals surface area contributed by atoms with Crippen LogP contribution in [0.15, 0.2) is 28.5 Å². The topological polar surface area (TPSA) is 34.5 Å². The van der Waals surface area contributed by atoms with Gasteiger partial charge in [0.15, 0.2) is 0 Å². The van der Waals surface area contributed by atoms with Crippen molar-refractivity contribution in [3.05, 3.63) is 34.1 Å². The van der Waals surface area contributed by atoms with Gasteiger partial charge in [0.05, 0.1) is 24.6 Å². The van der Waals surface area contributed by atoms with Gasteiger partial charge in [-0.15, -0.1) is 11.3 Å². The van der Waals surface area contributed by atoms with E-state index in [9.17, 15) is 4.79 Å². The highest BCUT2D eigenvalue weighted by Gasteiger charge is 2.23.